The molecule has 1 N–H and O–H groups in total. The van der Waals surface area contributed by atoms with Gasteiger partial charge in [0, 0.05) is 17.6 Å². The largest absolute Gasteiger partial charge is 0.392 e. The van der Waals surface area contributed by atoms with Gasteiger partial charge in [0.25, 0.3) is 0 Å². The predicted molar refractivity (Wildman–Crippen MR) is 84.1 cm³/mol. The van der Waals surface area contributed by atoms with Crippen LogP contribution in [0.3, 0.4) is 0 Å². The SMILES string of the molecule is CC(C)N(CC1CC1)S(=O)(=O)c1cc(Cl)cc(CO)c1Cl. The third-order valence-electron chi connectivity index (χ3n) is 3.55. The van der Waals surface area contributed by atoms with Gasteiger partial charge in [0.2, 0.25) is 10.0 Å². The smallest absolute Gasteiger partial charge is 0.244 e. The van der Waals surface area contributed by atoms with Crippen molar-refractivity contribution in [3.05, 3.63) is 27.7 Å². The van der Waals surface area contributed by atoms with Crippen LogP contribution < -0.4 is 0 Å². The molecule has 0 unspecified atom stereocenters. The maximum atomic E-state index is 12.9. The van der Waals surface area contributed by atoms with Crippen LogP contribution in [0.2, 0.25) is 10.0 Å². The summed E-state index contributed by atoms with van der Waals surface area (Å²) in [6.07, 6.45) is 2.12. The van der Waals surface area contributed by atoms with E-state index < -0.39 is 10.0 Å². The Kier molecular flexibility index (Phi) is 5.21. The third-order valence-corrected chi connectivity index (χ3v) is 6.39. The molecule has 7 heteroatoms. The van der Waals surface area contributed by atoms with Gasteiger partial charge in [-0.2, -0.15) is 4.31 Å². The second-order valence-corrected chi connectivity index (χ2v) is 8.32. The molecule has 4 nitrogen and oxygen atoms in total. The zero-order chi connectivity index (χ0) is 15.8. The summed E-state index contributed by atoms with van der Waals surface area (Å²) in [5, 5.41) is 9.58. The first kappa shape index (κ1) is 17.0. The molecule has 0 aromatic heterocycles. The van der Waals surface area contributed by atoms with E-state index in [-0.39, 0.29) is 27.6 Å². The van der Waals surface area contributed by atoms with Crippen molar-refractivity contribution in [1.82, 2.24) is 4.31 Å². The molecule has 0 aliphatic heterocycles. The van der Waals surface area contributed by atoms with Crippen LogP contribution in [-0.2, 0) is 16.6 Å². The highest BCUT2D eigenvalue weighted by atomic mass is 35.5. The monoisotopic (exact) mass is 351 g/mol. The first-order valence-corrected chi connectivity index (χ1v) is 9.07. The van der Waals surface area contributed by atoms with E-state index >= 15 is 0 Å². The Morgan fingerprint density at radius 3 is 2.43 bits per heavy atom. The number of aliphatic hydroxyl groups excluding tert-OH is 1. The Balaban J connectivity index is 2.48. The van der Waals surface area contributed by atoms with Crippen molar-refractivity contribution in [3.63, 3.8) is 0 Å². The molecule has 0 heterocycles. The van der Waals surface area contributed by atoms with E-state index in [1.54, 1.807) is 0 Å². The summed E-state index contributed by atoms with van der Waals surface area (Å²) >= 11 is 12.1. The molecule has 1 aliphatic carbocycles. The molecule has 0 bridgehead atoms. The second-order valence-electron chi connectivity index (χ2n) is 5.65. The number of hydrogen-bond donors (Lipinski definition) is 1. The van der Waals surface area contributed by atoms with Crippen molar-refractivity contribution in [2.24, 2.45) is 5.92 Å². The topological polar surface area (TPSA) is 57.6 Å². The average Bonchev–Trinajstić information content (AvgIpc) is 3.21. The quantitative estimate of drug-likeness (QED) is 0.855. The summed E-state index contributed by atoms with van der Waals surface area (Å²) in [6, 6.07) is 2.66. The standard InChI is InChI=1S/C14H19Cl2NO3S/c1-9(2)17(7-10-3-4-10)21(19,20)13-6-12(15)5-11(8-18)14(13)16/h5-6,9-10,18H,3-4,7-8H2,1-2H3. The van der Waals surface area contributed by atoms with Crippen LogP contribution in [0.5, 0.6) is 0 Å². The van der Waals surface area contributed by atoms with Gasteiger partial charge in [-0.1, -0.05) is 23.2 Å². The van der Waals surface area contributed by atoms with E-state index in [2.05, 4.69) is 0 Å². The summed E-state index contributed by atoms with van der Waals surface area (Å²) in [6.45, 7) is 3.82. The zero-order valence-corrected chi connectivity index (χ0v) is 14.3. The molecule has 1 fully saturated rings. The molecular weight excluding hydrogens is 333 g/mol. The Labute approximate surface area is 135 Å². The van der Waals surface area contributed by atoms with Gasteiger partial charge in [-0.15, -0.1) is 0 Å². The fraction of sp³-hybridized carbons (Fsp3) is 0.571. The van der Waals surface area contributed by atoms with Crippen molar-refractivity contribution in [2.45, 2.75) is 44.2 Å². The van der Waals surface area contributed by atoms with Crippen molar-refractivity contribution < 1.29 is 13.5 Å². The number of nitrogens with zero attached hydrogens (tertiary/aromatic N) is 1. The minimum Gasteiger partial charge on any atom is -0.392 e. The summed E-state index contributed by atoms with van der Waals surface area (Å²) in [5.41, 5.74) is 0.317. The molecule has 1 aromatic rings. The van der Waals surface area contributed by atoms with Gasteiger partial charge >= 0.3 is 0 Å². The van der Waals surface area contributed by atoms with Gasteiger partial charge in [-0.3, -0.25) is 0 Å². The van der Waals surface area contributed by atoms with Gasteiger partial charge in [0.1, 0.15) is 4.90 Å². The normalized spacial score (nSPS) is 16.0. The van der Waals surface area contributed by atoms with E-state index in [9.17, 15) is 13.5 Å². The second kappa shape index (κ2) is 6.42. The molecule has 2 rings (SSSR count). The van der Waals surface area contributed by atoms with E-state index in [1.165, 1.54) is 16.4 Å². The molecule has 0 spiro atoms. The number of hydrogen-bond acceptors (Lipinski definition) is 3. The number of benzene rings is 1. The zero-order valence-electron chi connectivity index (χ0n) is 12.0. The van der Waals surface area contributed by atoms with Gasteiger partial charge in [0.05, 0.1) is 11.6 Å². The number of halogens is 2. The lowest BCUT2D eigenvalue weighted by atomic mass is 10.2. The number of aliphatic hydroxyl groups is 1. The van der Waals surface area contributed by atoms with Crippen molar-refractivity contribution in [1.29, 1.82) is 0 Å². The van der Waals surface area contributed by atoms with Crippen LogP contribution in [0, 0.1) is 5.92 Å². The molecule has 1 aliphatic rings. The number of sulfonamides is 1. The van der Waals surface area contributed by atoms with Crippen molar-refractivity contribution >= 4 is 33.2 Å². The summed E-state index contributed by atoms with van der Waals surface area (Å²) < 4.78 is 27.2. The average molecular weight is 352 g/mol. The lowest BCUT2D eigenvalue weighted by Crippen LogP contribution is -2.38. The number of rotatable bonds is 6. The highest BCUT2D eigenvalue weighted by Gasteiger charge is 2.35. The highest BCUT2D eigenvalue weighted by molar-refractivity contribution is 7.89. The molecule has 118 valence electrons. The Hall–Kier alpha value is -0.330. The van der Waals surface area contributed by atoms with Gasteiger partial charge in [-0.05, 0) is 50.3 Å². The van der Waals surface area contributed by atoms with Crippen LogP contribution in [-0.4, -0.2) is 30.4 Å². The first-order valence-electron chi connectivity index (χ1n) is 6.88. The Morgan fingerprint density at radius 1 is 1.33 bits per heavy atom. The lowest BCUT2D eigenvalue weighted by molar-refractivity contribution is 0.281. The van der Waals surface area contributed by atoms with Crippen LogP contribution >= 0.6 is 23.2 Å². The molecule has 0 amide bonds. The predicted octanol–water partition coefficient (Wildman–Crippen LogP) is 3.29. The van der Waals surface area contributed by atoms with E-state index in [1.807, 2.05) is 13.8 Å². The summed E-state index contributed by atoms with van der Waals surface area (Å²) in [7, 11) is -3.74. The van der Waals surface area contributed by atoms with Crippen molar-refractivity contribution in [3.8, 4) is 0 Å². The molecule has 0 atom stereocenters. The van der Waals surface area contributed by atoms with Gasteiger partial charge in [-0.25, -0.2) is 8.42 Å². The fourth-order valence-corrected chi connectivity index (χ4v) is 4.80. The molecule has 1 saturated carbocycles. The lowest BCUT2D eigenvalue weighted by Gasteiger charge is -2.26. The van der Waals surface area contributed by atoms with E-state index in [4.69, 9.17) is 23.2 Å². The molecule has 21 heavy (non-hydrogen) atoms. The van der Waals surface area contributed by atoms with Gasteiger partial charge < -0.3 is 5.11 Å². The first-order chi connectivity index (χ1) is 9.77. The van der Waals surface area contributed by atoms with Crippen LogP contribution in [0.1, 0.15) is 32.3 Å². The Bertz CT molecular complexity index is 627. The van der Waals surface area contributed by atoms with Crippen LogP contribution in [0.25, 0.3) is 0 Å². The minimum absolute atomic E-state index is 0.0323. The Morgan fingerprint density at radius 2 is 1.95 bits per heavy atom. The van der Waals surface area contributed by atoms with Crippen LogP contribution in [0.15, 0.2) is 17.0 Å². The highest BCUT2D eigenvalue weighted by Crippen LogP contribution is 2.36. The maximum absolute atomic E-state index is 12.9. The fourth-order valence-electron chi connectivity index (χ4n) is 2.19. The maximum Gasteiger partial charge on any atom is 0.244 e. The van der Waals surface area contributed by atoms with Gasteiger partial charge in [0.15, 0.2) is 0 Å². The van der Waals surface area contributed by atoms with Crippen LogP contribution in [0.4, 0.5) is 0 Å². The molecule has 0 radical (unpaired) electrons. The summed E-state index contributed by atoms with van der Waals surface area (Å²) in [4.78, 5) is -0.0323. The molecular formula is C14H19Cl2NO3S. The third kappa shape index (κ3) is 3.71. The molecule has 1 aromatic carbocycles. The van der Waals surface area contributed by atoms with E-state index in [0.717, 1.165) is 12.8 Å². The summed E-state index contributed by atoms with van der Waals surface area (Å²) in [5.74, 6) is 0.428. The van der Waals surface area contributed by atoms with Crippen molar-refractivity contribution in [2.75, 3.05) is 6.54 Å². The minimum atomic E-state index is -3.74. The molecule has 0 saturated heterocycles. The van der Waals surface area contributed by atoms with E-state index in [0.29, 0.717) is 18.0 Å².